The molecule has 0 bridgehead atoms. The highest BCUT2D eigenvalue weighted by Crippen LogP contribution is 2.60. The first-order valence-corrected chi connectivity index (χ1v) is 8.24. The Bertz CT molecular complexity index is 380. The van der Waals surface area contributed by atoms with Gasteiger partial charge in [-0.2, -0.15) is 0 Å². The van der Waals surface area contributed by atoms with E-state index in [-0.39, 0.29) is 17.8 Å². The molecule has 3 atom stereocenters. The molecule has 1 rings (SSSR count). The van der Waals surface area contributed by atoms with Gasteiger partial charge < -0.3 is 14.9 Å². The molecule has 7 heteroatoms. The molecule has 6 nitrogen and oxygen atoms in total. The standard InChI is InChI=1S/C12H24NO5P/c1-8(2)10-5-4-9(3)6-12(10,19(16,17)18)13-7-11(14)15/h8-10,13H,4-7H2,1-3H3,(H,14,15)(H2,16,17,18). The second kappa shape index (κ2) is 5.92. The number of carboxylic acids is 1. The zero-order valence-corrected chi connectivity index (χ0v) is 12.6. The lowest BCUT2D eigenvalue weighted by Crippen LogP contribution is -2.56. The van der Waals surface area contributed by atoms with E-state index in [1.165, 1.54) is 0 Å². The van der Waals surface area contributed by atoms with Crippen LogP contribution in [0.1, 0.15) is 40.0 Å². The number of rotatable bonds is 5. The monoisotopic (exact) mass is 293 g/mol. The summed E-state index contributed by atoms with van der Waals surface area (Å²) in [5.74, 6) is -1.07. The predicted molar refractivity (Wildman–Crippen MR) is 71.8 cm³/mol. The van der Waals surface area contributed by atoms with Crippen LogP contribution in [0.4, 0.5) is 0 Å². The van der Waals surface area contributed by atoms with Crippen LogP contribution in [0.15, 0.2) is 0 Å². The molecule has 0 aromatic carbocycles. The van der Waals surface area contributed by atoms with Gasteiger partial charge in [-0.1, -0.05) is 27.2 Å². The molecule has 1 aliphatic rings. The van der Waals surface area contributed by atoms with Crippen LogP contribution < -0.4 is 5.32 Å². The fourth-order valence-electron chi connectivity index (χ4n) is 3.24. The summed E-state index contributed by atoms with van der Waals surface area (Å²) in [6.07, 6.45) is 1.93. The lowest BCUT2D eigenvalue weighted by Gasteiger charge is -2.48. The van der Waals surface area contributed by atoms with Gasteiger partial charge in [-0.05, 0) is 30.6 Å². The number of aliphatic carboxylic acids is 1. The maximum absolute atomic E-state index is 12.0. The zero-order chi connectivity index (χ0) is 14.8. The van der Waals surface area contributed by atoms with Crippen LogP contribution in [-0.4, -0.2) is 32.7 Å². The minimum absolute atomic E-state index is 0.0846. The van der Waals surface area contributed by atoms with Crippen LogP contribution in [0.2, 0.25) is 0 Å². The molecule has 3 unspecified atom stereocenters. The molecule has 0 saturated heterocycles. The first-order chi connectivity index (χ1) is 8.60. The van der Waals surface area contributed by atoms with Crippen molar-refractivity contribution in [3.8, 4) is 0 Å². The normalized spacial score (nSPS) is 32.5. The van der Waals surface area contributed by atoms with Gasteiger partial charge in [0.2, 0.25) is 0 Å². The van der Waals surface area contributed by atoms with E-state index in [1.807, 2.05) is 20.8 Å². The molecule has 4 N–H and O–H groups in total. The van der Waals surface area contributed by atoms with Crippen molar-refractivity contribution >= 4 is 13.6 Å². The minimum atomic E-state index is -4.45. The first kappa shape index (κ1) is 16.6. The molecule has 0 aromatic rings. The van der Waals surface area contributed by atoms with Gasteiger partial charge in [0.05, 0.1) is 6.54 Å². The van der Waals surface area contributed by atoms with Gasteiger partial charge in [-0.15, -0.1) is 0 Å². The quantitative estimate of drug-likeness (QED) is 0.574. The summed E-state index contributed by atoms with van der Waals surface area (Å²) < 4.78 is 12.0. The van der Waals surface area contributed by atoms with Gasteiger partial charge in [0.25, 0.3) is 0 Å². The van der Waals surface area contributed by atoms with E-state index in [9.17, 15) is 19.1 Å². The lowest BCUT2D eigenvalue weighted by molar-refractivity contribution is -0.136. The minimum Gasteiger partial charge on any atom is -0.480 e. The van der Waals surface area contributed by atoms with Crippen molar-refractivity contribution in [3.05, 3.63) is 0 Å². The molecule has 0 aromatic heterocycles. The number of hydrogen-bond acceptors (Lipinski definition) is 3. The summed E-state index contributed by atoms with van der Waals surface area (Å²) in [5.41, 5.74) is 0. The predicted octanol–water partition coefficient (Wildman–Crippen LogP) is 1.63. The van der Waals surface area contributed by atoms with E-state index in [0.29, 0.717) is 12.8 Å². The fourth-order valence-corrected chi connectivity index (χ4v) is 4.94. The van der Waals surface area contributed by atoms with Crippen molar-refractivity contribution in [1.29, 1.82) is 0 Å². The zero-order valence-electron chi connectivity index (χ0n) is 11.7. The summed E-state index contributed by atoms with van der Waals surface area (Å²) in [6, 6.07) is 0. The van der Waals surface area contributed by atoms with E-state index in [1.54, 1.807) is 0 Å². The third-order valence-corrected chi connectivity index (χ3v) is 5.83. The number of carboxylic acid groups (broad SMARTS) is 1. The van der Waals surface area contributed by atoms with Crippen LogP contribution in [-0.2, 0) is 9.36 Å². The van der Waals surface area contributed by atoms with Crippen molar-refractivity contribution < 1.29 is 24.3 Å². The van der Waals surface area contributed by atoms with Crippen LogP contribution in [0.5, 0.6) is 0 Å². The Hall–Kier alpha value is -0.420. The van der Waals surface area contributed by atoms with E-state index in [4.69, 9.17) is 5.11 Å². The largest absolute Gasteiger partial charge is 0.480 e. The summed E-state index contributed by atoms with van der Waals surface area (Å²) in [5, 5.41) is 10.1. The summed E-state index contributed by atoms with van der Waals surface area (Å²) in [4.78, 5) is 30.4. The molecule has 1 fully saturated rings. The summed E-state index contributed by atoms with van der Waals surface area (Å²) in [6.45, 7) is 5.37. The van der Waals surface area contributed by atoms with E-state index in [0.717, 1.165) is 6.42 Å². The Kier molecular flexibility index (Phi) is 5.18. The van der Waals surface area contributed by atoms with Crippen LogP contribution in [0, 0.1) is 17.8 Å². The SMILES string of the molecule is CC1CCC(C(C)C)C(NCC(=O)O)(P(=O)(O)O)C1. The van der Waals surface area contributed by atoms with Gasteiger partial charge in [0.1, 0.15) is 5.28 Å². The van der Waals surface area contributed by atoms with E-state index >= 15 is 0 Å². The molecule has 0 radical (unpaired) electrons. The molecule has 112 valence electrons. The van der Waals surface area contributed by atoms with Crippen molar-refractivity contribution in [2.24, 2.45) is 17.8 Å². The molecule has 1 aliphatic carbocycles. The lowest BCUT2D eigenvalue weighted by atomic mass is 9.73. The van der Waals surface area contributed by atoms with Crippen molar-refractivity contribution in [2.45, 2.75) is 45.3 Å². The van der Waals surface area contributed by atoms with Gasteiger partial charge in [0, 0.05) is 0 Å². The van der Waals surface area contributed by atoms with Crippen molar-refractivity contribution in [2.75, 3.05) is 6.54 Å². The first-order valence-electron chi connectivity index (χ1n) is 6.62. The Morgan fingerprint density at radius 2 is 2.00 bits per heavy atom. The van der Waals surface area contributed by atoms with E-state index in [2.05, 4.69) is 5.32 Å². The Labute approximate surface area is 113 Å². The van der Waals surface area contributed by atoms with Gasteiger partial charge in [-0.25, -0.2) is 0 Å². The molecule has 0 aliphatic heterocycles. The van der Waals surface area contributed by atoms with Gasteiger partial charge in [-0.3, -0.25) is 14.7 Å². The Morgan fingerprint density at radius 3 is 2.42 bits per heavy atom. The maximum Gasteiger partial charge on any atom is 0.345 e. The molecule has 0 heterocycles. The second-order valence-corrected chi connectivity index (χ2v) is 7.84. The molecule has 19 heavy (non-hydrogen) atoms. The van der Waals surface area contributed by atoms with Crippen LogP contribution in [0.3, 0.4) is 0 Å². The summed E-state index contributed by atoms with van der Waals surface area (Å²) in [7, 11) is -4.45. The third kappa shape index (κ3) is 3.57. The topological polar surface area (TPSA) is 107 Å². The summed E-state index contributed by atoms with van der Waals surface area (Å²) >= 11 is 0. The molecule has 0 spiro atoms. The highest BCUT2D eigenvalue weighted by molar-refractivity contribution is 7.53. The fraction of sp³-hybridized carbons (Fsp3) is 0.917. The van der Waals surface area contributed by atoms with Crippen LogP contribution in [0.25, 0.3) is 0 Å². The molecule has 0 amide bonds. The Morgan fingerprint density at radius 1 is 1.42 bits per heavy atom. The molecule has 1 saturated carbocycles. The maximum atomic E-state index is 12.0. The molecular weight excluding hydrogens is 269 g/mol. The number of nitrogens with one attached hydrogen (secondary N) is 1. The number of carbonyl (C=O) groups is 1. The number of hydrogen-bond donors (Lipinski definition) is 4. The van der Waals surface area contributed by atoms with Gasteiger partial charge >= 0.3 is 13.6 Å². The van der Waals surface area contributed by atoms with Crippen molar-refractivity contribution in [1.82, 2.24) is 5.32 Å². The van der Waals surface area contributed by atoms with Crippen LogP contribution >= 0.6 is 7.60 Å². The molecular formula is C12H24NO5P. The Balaban J connectivity index is 3.15. The van der Waals surface area contributed by atoms with Gasteiger partial charge in [0.15, 0.2) is 0 Å². The highest BCUT2D eigenvalue weighted by Gasteiger charge is 2.55. The third-order valence-electron chi connectivity index (χ3n) is 4.11. The second-order valence-electron chi connectivity index (χ2n) is 5.95. The highest BCUT2D eigenvalue weighted by atomic mass is 31.2. The average Bonchev–Trinajstić information content (AvgIpc) is 2.24. The average molecular weight is 293 g/mol. The van der Waals surface area contributed by atoms with Crippen molar-refractivity contribution in [3.63, 3.8) is 0 Å². The van der Waals surface area contributed by atoms with E-state index < -0.39 is 25.4 Å². The smallest absolute Gasteiger partial charge is 0.345 e.